The van der Waals surface area contributed by atoms with E-state index in [1.165, 1.54) is 0 Å². The van der Waals surface area contributed by atoms with Gasteiger partial charge < -0.3 is 14.9 Å². The molecule has 1 rings (SSSR count). The largest absolute Gasteiger partial charge is 0.481 e. The number of aliphatic carboxylic acids is 1. The lowest BCUT2D eigenvalue weighted by molar-refractivity contribution is -0.147. The van der Waals surface area contributed by atoms with Crippen molar-refractivity contribution in [1.82, 2.24) is 0 Å². The van der Waals surface area contributed by atoms with Crippen LogP contribution in [0.3, 0.4) is 0 Å². The number of hydrogen-bond acceptors (Lipinski definition) is 3. The van der Waals surface area contributed by atoms with Crippen LogP contribution in [0.4, 0.5) is 0 Å². The highest BCUT2D eigenvalue weighted by atomic mass is 16.5. The van der Waals surface area contributed by atoms with Crippen LogP contribution in [-0.4, -0.2) is 34.5 Å². The van der Waals surface area contributed by atoms with Crippen LogP contribution in [0.1, 0.15) is 46.5 Å². The average Bonchev–Trinajstić information content (AvgIpc) is 2.76. The Labute approximate surface area is 103 Å². The molecule has 1 fully saturated rings. The Balaban J connectivity index is 2.46. The van der Waals surface area contributed by atoms with Crippen molar-refractivity contribution in [2.24, 2.45) is 11.8 Å². The van der Waals surface area contributed by atoms with Crippen LogP contribution >= 0.6 is 0 Å². The van der Waals surface area contributed by atoms with E-state index in [4.69, 9.17) is 9.84 Å². The van der Waals surface area contributed by atoms with Gasteiger partial charge in [-0.3, -0.25) is 4.79 Å². The maximum atomic E-state index is 10.9. The van der Waals surface area contributed by atoms with Gasteiger partial charge in [-0.25, -0.2) is 0 Å². The van der Waals surface area contributed by atoms with E-state index >= 15 is 0 Å². The predicted molar refractivity (Wildman–Crippen MR) is 64.8 cm³/mol. The number of carboxylic acids is 1. The standard InChI is InChI=1S/C13H24O4/c1-4-5-10(14)8(2)11-6-7-12(17-11)9(3)13(15)16/h8-12,14H,4-7H2,1-3H3,(H,15,16)/t8-,9+,10+,11+,12-/m1/s1. The van der Waals surface area contributed by atoms with Crippen molar-refractivity contribution in [3.63, 3.8) is 0 Å². The van der Waals surface area contributed by atoms with E-state index in [9.17, 15) is 9.90 Å². The van der Waals surface area contributed by atoms with Gasteiger partial charge in [0.25, 0.3) is 0 Å². The first kappa shape index (κ1) is 14.5. The molecule has 0 spiro atoms. The van der Waals surface area contributed by atoms with Gasteiger partial charge in [-0.1, -0.05) is 20.3 Å². The van der Waals surface area contributed by atoms with E-state index in [2.05, 4.69) is 0 Å². The molecule has 1 aliphatic rings. The van der Waals surface area contributed by atoms with Crippen molar-refractivity contribution >= 4 is 5.97 Å². The zero-order valence-corrected chi connectivity index (χ0v) is 10.9. The molecule has 0 radical (unpaired) electrons. The number of aliphatic hydroxyl groups excluding tert-OH is 1. The first-order valence-corrected chi connectivity index (χ1v) is 6.53. The monoisotopic (exact) mass is 244 g/mol. The van der Waals surface area contributed by atoms with E-state index in [1.807, 2.05) is 13.8 Å². The number of rotatable bonds is 6. The Bertz CT molecular complexity index is 254. The van der Waals surface area contributed by atoms with Crippen LogP contribution < -0.4 is 0 Å². The Morgan fingerprint density at radius 1 is 1.35 bits per heavy atom. The van der Waals surface area contributed by atoms with Crippen LogP contribution in [0.15, 0.2) is 0 Å². The van der Waals surface area contributed by atoms with Crippen LogP contribution in [0, 0.1) is 11.8 Å². The lowest BCUT2D eigenvalue weighted by Crippen LogP contribution is -2.32. The molecule has 0 bridgehead atoms. The summed E-state index contributed by atoms with van der Waals surface area (Å²) < 4.78 is 5.77. The molecule has 5 atom stereocenters. The van der Waals surface area contributed by atoms with Gasteiger partial charge in [-0.05, 0) is 26.2 Å². The number of hydrogen-bond donors (Lipinski definition) is 2. The van der Waals surface area contributed by atoms with Crippen LogP contribution in [0.2, 0.25) is 0 Å². The lowest BCUT2D eigenvalue weighted by atomic mass is 9.93. The summed E-state index contributed by atoms with van der Waals surface area (Å²) in [6, 6.07) is 0. The van der Waals surface area contributed by atoms with E-state index in [0.717, 1.165) is 25.7 Å². The summed E-state index contributed by atoms with van der Waals surface area (Å²) in [4.78, 5) is 10.9. The van der Waals surface area contributed by atoms with Gasteiger partial charge in [0.05, 0.1) is 24.2 Å². The highest BCUT2D eigenvalue weighted by Gasteiger charge is 2.36. The number of aliphatic hydroxyl groups is 1. The number of carbonyl (C=O) groups is 1. The van der Waals surface area contributed by atoms with Gasteiger partial charge in [0.15, 0.2) is 0 Å². The third kappa shape index (κ3) is 3.68. The van der Waals surface area contributed by atoms with Crippen molar-refractivity contribution in [3.8, 4) is 0 Å². The zero-order valence-electron chi connectivity index (χ0n) is 10.9. The van der Waals surface area contributed by atoms with Crippen molar-refractivity contribution in [1.29, 1.82) is 0 Å². The van der Waals surface area contributed by atoms with Crippen molar-refractivity contribution in [2.45, 2.75) is 64.8 Å². The molecule has 0 aromatic heterocycles. The molecule has 0 amide bonds. The Morgan fingerprint density at radius 2 is 1.94 bits per heavy atom. The van der Waals surface area contributed by atoms with Gasteiger partial charge in [0, 0.05) is 5.92 Å². The minimum Gasteiger partial charge on any atom is -0.481 e. The van der Waals surface area contributed by atoms with Crippen LogP contribution in [0.5, 0.6) is 0 Å². The molecule has 1 saturated heterocycles. The SMILES string of the molecule is CCC[C@H](O)[C@@H](C)[C@@H]1CC[C@H]([C@H](C)C(=O)O)O1. The first-order chi connectivity index (χ1) is 7.97. The first-order valence-electron chi connectivity index (χ1n) is 6.53. The summed E-state index contributed by atoms with van der Waals surface area (Å²) in [6.07, 6.45) is 2.82. The molecule has 0 aromatic carbocycles. The topological polar surface area (TPSA) is 66.8 Å². The molecule has 1 heterocycles. The third-order valence-corrected chi connectivity index (χ3v) is 3.81. The highest BCUT2D eigenvalue weighted by molar-refractivity contribution is 5.70. The molecule has 2 N–H and O–H groups in total. The molecule has 1 aliphatic heterocycles. The molecule has 4 heteroatoms. The summed E-state index contributed by atoms with van der Waals surface area (Å²) in [6.45, 7) is 5.71. The summed E-state index contributed by atoms with van der Waals surface area (Å²) in [5.41, 5.74) is 0. The Hall–Kier alpha value is -0.610. The summed E-state index contributed by atoms with van der Waals surface area (Å²) in [5, 5.41) is 18.8. The van der Waals surface area contributed by atoms with Crippen molar-refractivity contribution < 1.29 is 19.7 Å². The number of carboxylic acid groups (broad SMARTS) is 1. The third-order valence-electron chi connectivity index (χ3n) is 3.81. The summed E-state index contributed by atoms with van der Waals surface area (Å²) in [5.74, 6) is -1.19. The van der Waals surface area contributed by atoms with Gasteiger partial charge in [-0.2, -0.15) is 0 Å². The Kier molecular flexibility index (Phi) is 5.40. The molecule has 4 nitrogen and oxygen atoms in total. The second-order valence-corrected chi connectivity index (χ2v) is 5.13. The van der Waals surface area contributed by atoms with Crippen LogP contribution in [0.25, 0.3) is 0 Å². The fourth-order valence-electron chi connectivity index (χ4n) is 2.41. The van der Waals surface area contributed by atoms with Crippen molar-refractivity contribution in [2.75, 3.05) is 0 Å². The molecule has 0 aliphatic carbocycles. The maximum absolute atomic E-state index is 10.9. The molecule has 0 aromatic rings. The molecular formula is C13H24O4. The van der Waals surface area contributed by atoms with E-state index in [0.29, 0.717) is 0 Å². The van der Waals surface area contributed by atoms with E-state index < -0.39 is 11.9 Å². The van der Waals surface area contributed by atoms with Crippen LogP contribution in [-0.2, 0) is 9.53 Å². The second-order valence-electron chi connectivity index (χ2n) is 5.13. The van der Waals surface area contributed by atoms with Gasteiger partial charge in [0.1, 0.15) is 0 Å². The quantitative estimate of drug-likeness (QED) is 0.750. The fourth-order valence-corrected chi connectivity index (χ4v) is 2.41. The van der Waals surface area contributed by atoms with E-state index in [1.54, 1.807) is 6.92 Å². The minimum absolute atomic E-state index is 0.00310. The van der Waals surface area contributed by atoms with E-state index in [-0.39, 0.29) is 24.2 Å². The van der Waals surface area contributed by atoms with Crippen molar-refractivity contribution in [3.05, 3.63) is 0 Å². The fraction of sp³-hybridized carbons (Fsp3) is 0.923. The smallest absolute Gasteiger partial charge is 0.308 e. The number of ether oxygens (including phenoxy) is 1. The highest BCUT2D eigenvalue weighted by Crippen LogP contribution is 2.31. The van der Waals surface area contributed by atoms with Gasteiger partial charge in [0.2, 0.25) is 0 Å². The Morgan fingerprint density at radius 3 is 2.47 bits per heavy atom. The lowest BCUT2D eigenvalue weighted by Gasteiger charge is -2.25. The summed E-state index contributed by atoms with van der Waals surface area (Å²) in [7, 11) is 0. The second kappa shape index (κ2) is 6.36. The molecule has 0 saturated carbocycles. The van der Waals surface area contributed by atoms with Gasteiger partial charge in [-0.15, -0.1) is 0 Å². The maximum Gasteiger partial charge on any atom is 0.308 e. The summed E-state index contributed by atoms with van der Waals surface area (Å²) >= 11 is 0. The minimum atomic E-state index is -0.808. The molecule has 0 unspecified atom stereocenters. The zero-order chi connectivity index (χ0) is 13.0. The molecular weight excluding hydrogens is 220 g/mol. The average molecular weight is 244 g/mol. The molecule has 17 heavy (non-hydrogen) atoms. The van der Waals surface area contributed by atoms with Gasteiger partial charge >= 0.3 is 5.97 Å². The molecule has 100 valence electrons. The normalized spacial score (nSPS) is 29.9. The predicted octanol–water partition coefficient (Wildman–Crippen LogP) is 2.05.